The number of hydrogen-bond donors (Lipinski definition) is 1. The average Bonchev–Trinajstić information content (AvgIpc) is 2.83. The van der Waals surface area contributed by atoms with Crippen LogP contribution in [0.1, 0.15) is 31.0 Å². The number of carbonyl (C=O) groups is 1. The van der Waals surface area contributed by atoms with E-state index < -0.39 is 10.8 Å². The van der Waals surface area contributed by atoms with Gasteiger partial charge in [-0.1, -0.05) is 30.0 Å². The molecule has 1 saturated heterocycles. The molecule has 0 saturated carbocycles. The molecule has 0 spiro atoms. The molecule has 1 aliphatic heterocycles. The van der Waals surface area contributed by atoms with Gasteiger partial charge in [0.15, 0.2) is 5.17 Å². The van der Waals surface area contributed by atoms with Crippen molar-refractivity contribution >= 4 is 36.3 Å². The fourth-order valence-corrected chi connectivity index (χ4v) is 3.66. The number of carbonyl (C=O) groups excluding carboxylic acids is 1. The Morgan fingerprint density at radius 3 is 2.83 bits per heavy atom. The first kappa shape index (κ1) is 16.7. The Hall–Kier alpha value is -2.15. The molecule has 2 heterocycles. The Bertz CT molecular complexity index is 829. The van der Waals surface area contributed by atoms with E-state index in [0.29, 0.717) is 16.3 Å². The number of benzene rings is 1. The first-order valence-corrected chi connectivity index (χ1v) is 8.26. The van der Waals surface area contributed by atoms with E-state index in [2.05, 4.69) is 15.3 Å². The van der Waals surface area contributed by atoms with E-state index in [0.717, 1.165) is 5.56 Å². The molecule has 2 aromatic rings. The lowest BCUT2D eigenvalue weighted by atomic mass is 9.95. The molecule has 0 bridgehead atoms. The number of rotatable bonds is 3. The number of amidine groups is 1. The third-order valence-corrected chi connectivity index (χ3v) is 5.18. The van der Waals surface area contributed by atoms with Crippen molar-refractivity contribution in [1.82, 2.24) is 10.3 Å². The lowest BCUT2D eigenvalue weighted by molar-refractivity contribution is -0.121. The zero-order chi connectivity index (χ0) is 17.3. The number of nitrogens with one attached hydrogen (secondary N) is 1. The van der Waals surface area contributed by atoms with Crippen molar-refractivity contribution in [3.8, 4) is 0 Å². The van der Waals surface area contributed by atoms with Crippen LogP contribution in [0.4, 0.5) is 4.39 Å². The third kappa shape index (κ3) is 3.08. The summed E-state index contributed by atoms with van der Waals surface area (Å²) in [5.41, 5.74) is 1.59. The van der Waals surface area contributed by atoms with Crippen LogP contribution in [0.15, 0.2) is 47.6 Å². The van der Waals surface area contributed by atoms with Crippen LogP contribution in [-0.2, 0) is 9.54 Å². The topological polar surface area (TPSA) is 54.4 Å². The maximum atomic E-state index is 13.9. The summed E-state index contributed by atoms with van der Waals surface area (Å²) < 4.78 is 13.0. The van der Waals surface area contributed by atoms with E-state index >= 15 is 0 Å². The van der Waals surface area contributed by atoms with Crippen LogP contribution in [0.5, 0.6) is 0 Å². The van der Waals surface area contributed by atoms with Crippen LogP contribution in [0.3, 0.4) is 0 Å². The van der Waals surface area contributed by atoms with Gasteiger partial charge in [-0.2, -0.15) is 0 Å². The molecule has 0 aliphatic carbocycles. The summed E-state index contributed by atoms with van der Waals surface area (Å²) in [6.07, 6.45) is 1.57. The molecule has 4 nitrogen and oxygen atoms in total. The Labute approximate surface area is 145 Å². The molecule has 1 unspecified atom stereocenters. The summed E-state index contributed by atoms with van der Waals surface area (Å²) in [5, 5.41) is 3.24. The summed E-state index contributed by atoms with van der Waals surface area (Å²) >= 11 is 1.30. The Kier molecular flexibility index (Phi) is 4.45. The monoisotopic (exact) mass is 339 g/mol. The molecule has 1 fully saturated rings. The molecule has 120 valence electrons. The Morgan fingerprint density at radius 2 is 2.12 bits per heavy atom. The highest BCUT2D eigenvalue weighted by molar-refractivity contribution is 8.15. The zero-order valence-corrected chi connectivity index (χ0v) is 14.1. The number of halogens is 1. The molecule has 1 aromatic heterocycles. The Balaban J connectivity index is 1.88. The molecular weight excluding hydrogens is 324 g/mol. The van der Waals surface area contributed by atoms with Crippen LogP contribution < -0.4 is 10.9 Å². The van der Waals surface area contributed by atoms with E-state index in [1.807, 2.05) is 0 Å². The summed E-state index contributed by atoms with van der Waals surface area (Å²) in [7, 11) is 5.71. The quantitative estimate of drug-likeness (QED) is 0.873. The van der Waals surface area contributed by atoms with E-state index in [-0.39, 0.29) is 11.7 Å². The van der Waals surface area contributed by atoms with Gasteiger partial charge in [0.05, 0.1) is 6.04 Å². The van der Waals surface area contributed by atoms with Gasteiger partial charge in [-0.3, -0.25) is 14.8 Å². The largest absolute Gasteiger partial charge is 0.304 e. The van der Waals surface area contributed by atoms with Gasteiger partial charge in [0, 0.05) is 11.8 Å². The van der Waals surface area contributed by atoms with Crippen LogP contribution in [-0.4, -0.2) is 23.9 Å². The van der Waals surface area contributed by atoms with Gasteiger partial charge in [0.1, 0.15) is 18.4 Å². The predicted molar refractivity (Wildman–Crippen MR) is 95.0 cm³/mol. The summed E-state index contributed by atoms with van der Waals surface area (Å²) in [4.78, 5) is 20.9. The number of nitrogens with zero attached hydrogens (tertiary/aromatic N) is 2. The van der Waals surface area contributed by atoms with E-state index in [4.69, 9.17) is 7.85 Å². The predicted octanol–water partition coefficient (Wildman–Crippen LogP) is 2.21. The smallest absolute Gasteiger partial charge is 0.246 e. The zero-order valence-electron chi connectivity index (χ0n) is 13.3. The molecule has 1 N–H and O–H groups in total. The van der Waals surface area contributed by atoms with Gasteiger partial charge in [-0.25, -0.2) is 4.39 Å². The SMILES string of the molecule is [B]c1cc(C2(C)SC(=N[C@@H](C)c3ccccc3F)NC2=O)ccn1. The van der Waals surface area contributed by atoms with Crippen molar-refractivity contribution in [3.63, 3.8) is 0 Å². The summed E-state index contributed by atoms with van der Waals surface area (Å²) in [6, 6.07) is 9.51. The van der Waals surface area contributed by atoms with Crippen LogP contribution in [0.25, 0.3) is 0 Å². The number of hydrogen-bond acceptors (Lipinski definition) is 4. The second kappa shape index (κ2) is 6.40. The lowest BCUT2D eigenvalue weighted by Crippen LogP contribution is -2.32. The van der Waals surface area contributed by atoms with Crippen molar-refractivity contribution in [1.29, 1.82) is 0 Å². The minimum absolute atomic E-state index is 0.183. The first-order chi connectivity index (χ1) is 11.4. The molecule has 2 radical (unpaired) electrons. The van der Waals surface area contributed by atoms with Gasteiger partial charge >= 0.3 is 0 Å². The molecule has 24 heavy (non-hydrogen) atoms. The van der Waals surface area contributed by atoms with Gasteiger partial charge in [-0.05, 0) is 43.2 Å². The van der Waals surface area contributed by atoms with Gasteiger partial charge in [0.2, 0.25) is 5.91 Å². The van der Waals surface area contributed by atoms with Crippen molar-refractivity contribution in [2.45, 2.75) is 24.6 Å². The van der Waals surface area contributed by atoms with Crippen molar-refractivity contribution in [2.75, 3.05) is 0 Å². The van der Waals surface area contributed by atoms with Crippen LogP contribution in [0, 0.1) is 5.82 Å². The molecule has 1 aromatic carbocycles. The highest BCUT2D eigenvalue weighted by Crippen LogP contribution is 2.41. The molecule has 2 atom stereocenters. The molecule has 1 aliphatic rings. The van der Waals surface area contributed by atoms with E-state index in [9.17, 15) is 9.18 Å². The minimum Gasteiger partial charge on any atom is -0.304 e. The summed E-state index contributed by atoms with van der Waals surface area (Å²) in [6.45, 7) is 3.59. The normalized spacial score (nSPS) is 23.3. The van der Waals surface area contributed by atoms with E-state index in [1.165, 1.54) is 17.8 Å². The van der Waals surface area contributed by atoms with Crippen molar-refractivity contribution < 1.29 is 9.18 Å². The Morgan fingerprint density at radius 1 is 1.38 bits per heavy atom. The molecule has 3 rings (SSSR count). The first-order valence-electron chi connectivity index (χ1n) is 7.45. The molecule has 1 amide bonds. The average molecular weight is 339 g/mol. The minimum atomic E-state index is -0.842. The highest BCUT2D eigenvalue weighted by Gasteiger charge is 2.44. The number of aliphatic imine (C=N–C) groups is 1. The van der Waals surface area contributed by atoms with Gasteiger partial charge in [0.25, 0.3) is 0 Å². The number of pyridine rings is 1. The summed E-state index contributed by atoms with van der Waals surface area (Å²) in [5.74, 6) is -0.495. The van der Waals surface area contributed by atoms with E-state index in [1.54, 1.807) is 50.4 Å². The number of thioether (sulfide) groups is 1. The fourth-order valence-electron chi connectivity index (χ4n) is 2.53. The van der Waals surface area contributed by atoms with Gasteiger partial charge < -0.3 is 5.32 Å². The van der Waals surface area contributed by atoms with Crippen LogP contribution >= 0.6 is 11.8 Å². The third-order valence-electron chi connectivity index (χ3n) is 3.95. The van der Waals surface area contributed by atoms with Crippen molar-refractivity contribution in [3.05, 3.63) is 59.5 Å². The molecular formula is C17H15BFN3OS. The molecule has 7 heteroatoms. The maximum absolute atomic E-state index is 13.9. The lowest BCUT2D eigenvalue weighted by Gasteiger charge is -2.19. The fraction of sp³-hybridized carbons (Fsp3) is 0.235. The number of aromatic nitrogens is 1. The second-order valence-electron chi connectivity index (χ2n) is 5.69. The second-order valence-corrected chi connectivity index (χ2v) is 7.10. The maximum Gasteiger partial charge on any atom is 0.246 e. The van der Waals surface area contributed by atoms with Gasteiger partial charge in [-0.15, -0.1) is 0 Å². The standard InChI is InChI=1S/C17H15BFN3OS/c1-10(12-5-3-4-6-13(12)19)21-16-22-15(23)17(2,24-16)11-7-8-20-14(18)9-11/h3-10H,1-2H3,(H,21,22,23)/t10-,17?/m0/s1. The highest BCUT2D eigenvalue weighted by atomic mass is 32.2. The van der Waals surface area contributed by atoms with Crippen LogP contribution in [0.2, 0.25) is 0 Å². The number of amides is 1. The van der Waals surface area contributed by atoms with Crippen molar-refractivity contribution in [2.24, 2.45) is 4.99 Å².